The summed E-state index contributed by atoms with van der Waals surface area (Å²) in [4.78, 5) is 20.0. The number of para-hydroxylation sites is 1. The fraction of sp³-hybridized carbons (Fsp3) is 0.391. The lowest BCUT2D eigenvalue weighted by Crippen LogP contribution is -2.37. The van der Waals surface area contributed by atoms with Crippen molar-refractivity contribution < 1.29 is 4.79 Å². The molecule has 0 spiro atoms. The first-order chi connectivity index (χ1) is 12.7. The molecule has 0 unspecified atom stereocenters. The molecule has 0 radical (unpaired) electrons. The summed E-state index contributed by atoms with van der Waals surface area (Å²) in [6, 6.07) is 8.38. The van der Waals surface area contributed by atoms with Crippen LogP contribution in [0.15, 0.2) is 64.3 Å². The Labute approximate surface area is 155 Å². The number of aryl methyl sites for hydroxylation is 1. The predicted molar refractivity (Wildman–Crippen MR) is 108 cm³/mol. The summed E-state index contributed by atoms with van der Waals surface area (Å²) >= 11 is 0. The number of nitrogens with zero attached hydrogens (tertiary/aromatic N) is 2. The summed E-state index contributed by atoms with van der Waals surface area (Å²) in [5.41, 5.74) is 6.23. The molecule has 26 heavy (non-hydrogen) atoms. The third-order valence-electron chi connectivity index (χ3n) is 5.50. The van der Waals surface area contributed by atoms with Gasteiger partial charge in [0.05, 0.1) is 5.70 Å². The SMILES string of the molecule is CC1=C2N=C(C(=O)N3CCCCCCCc4ccccc43)C=C2C=CC1. The molecule has 3 heteroatoms. The zero-order valence-corrected chi connectivity index (χ0v) is 15.5. The number of amides is 1. The molecule has 0 aromatic heterocycles. The van der Waals surface area contributed by atoms with Crippen molar-refractivity contribution in [3.8, 4) is 0 Å². The summed E-state index contributed by atoms with van der Waals surface area (Å²) in [5.74, 6) is 0.0358. The molecule has 0 atom stereocenters. The Morgan fingerprint density at radius 3 is 2.77 bits per heavy atom. The lowest BCUT2D eigenvalue weighted by Gasteiger charge is -2.26. The van der Waals surface area contributed by atoms with Crippen LogP contribution < -0.4 is 4.90 Å². The summed E-state index contributed by atoms with van der Waals surface area (Å²) in [7, 11) is 0. The van der Waals surface area contributed by atoms with Gasteiger partial charge in [-0.05, 0) is 55.9 Å². The van der Waals surface area contributed by atoms with Crippen molar-refractivity contribution in [3.05, 3.63) is 64.9 Å². The Bertz CT molecular complexity index is 842. The van der Waals surface area contributed by atoms with Crippen LogP contribution in [0.2, 0.25) is 0 Å². The number of fused-ring (bicyclic) bond motifs is 2. The van der Waals surface area contributed by atoms with Gasteiger partial charge < -0.3 is 4.90 Å². The number of hydrogen-bond donors (Lipinski definition) is 0. The molecule has 0 N–H and O–H groups in total. The third-order valence-corrected chi connectivity index (χ3v) is 5.50. The molecule has 0 saturated carbocycles. The smallest absolute Gasteiger partial charge is 0.276 e. The molecular weight excluding hydrogens is 320 g/mol. The van der Waals surface area contributed by atoms with Gasteiger partial charge in [0, 0.05) is 17.8 Å². The van der Waals surface area contributed by atoms with E-state index in [-0.39, 0.29) is 5.91 Å². The molecule has 4 rings (SSSR count). The van der Waals surface area contributed by atoms with Gasteiger partial charge in [0.15, 0.2) is 0 Å². The second-order valence-corrected chi connectivity index (χ2v) is 7.44. The van der Waals surface area contributed by atoms with E-state index in [4.69, 9.17) is 4.99 Å². The highest BCUT2D eigenvalue weighted by Gasteiger charge is 2.27. The van der Waals surface area contributed by atoms with E-state index in [0.717, 1.165) is 42.8 Å². The minimum Gasteiger partial charge on any atom is -0.307 e. The van der Waals surface area contributed by atoms with E-state index in [0.29, 0.717) is 5.71 Å². The van der Waals surface area contributed by atoms with E-state index in [1.807, 2.05) is 17.0 Å². The number of carbonyl (C=O) groups is 1. The van der Waals surface area contributed by atoms with Gasteiger partial charge in [0.2, 0.25) is 0 Å². The van der Waals surface area contributed by atoms with Crippen LogP contribution >= 0.6 is 0 Å². The molecule has 1 aliphatic carbocycles. The molecule has 2 aliphatic heterocycles. The molecule has 3 nitrogen and oxygen atoms in total. The van der Waals surface area contributed by atoms with Crippen LogP contribution in [-0.2, 0) is 11.2 Å². The number of carbonyl (C=O) groups excluding carboxylic acids is 1. The lowest BCUT2D eigenvalue weighted by atomic mass is 10.00. The van der Waals surface area contributed by atoms with Gasteiger partial charge in [-0.1, -0.05) is 49.6 Å². The van der Waals surface area contributed by atoms with Crippen LogP contribution in [0.3, 0.4) is 0 Å². The second kappa shape index (κ2) is 7.45. The van der Waals surface area contributed by atoms with Crippen LogP contribution in [0.1, 0.15) is 51.0 Å². The fourth-order valence-electron chi connectivity index (χ4n) is 4.04. The summed E-state index contributed by atoms with van der Waals surface area (Å²) in [6.07, 6.45) is 14.1. The van der Waals surface area contributed by atoms with Gasteiger partial charge in [-0.2, -0.15) is 0 Å². The third kappa shape index (κ3) is 3.31. The number of hydrogen-bond acceptors (Lipinski definition) is 2. The standard InChI is InChI=1S/C23H26N2O/c1-17-10-9-13-19-16-20(24-22(17)19)23(26)25-15-8-4-2-3-5-11-18-12-6-7-14-21(18)25/h6-7,9,12-14,16H,2-5,8,10-11,15H2,1H3. The Morgan fingerprint density at radius 1 is 1.08 bits per heavy atom. The highest BCUT2D eigenvalue weighted by Crippen LogP contribution is 2.31. The largest absolute Gasteiger partial charge is 0.307 e. The van der Waals surface area contributed by atoms with Crippen molar-refractivity contribution in [2.24, 2.45) is 4.99 Å². The van der Waals surface area contributed by atoms with Gasteiger partial charge in [-0.15, -0.1) is 0 Å². The molecule has 1 aromatic carbocycles. The number of allylic oxidation sites excluding steroid dienone is 3. The minimum atomic E-state index is 0.0358. The maximum atomic E-state index is 13.4. The van der Waals surface area contributed by atoms with Crippen LogP contribution in [-0.4, -0.2) is 18.2 Å². The highest BCUT2D eigenvalue weighted by atomic mass is 16.2. The number of benzene rings is 1. The van der Waals surface area contributed by atoms with Crippen molar-refractivity contribution in [3.63, 3.8) is 0 Å². The number of anilines is 1. The van der Waals surface area contributed by atoms with Crippen LogP contribution in [0.4, 0.5) is 5.69 Å². The molecule has 134 valence electrons. The Kier molecular flexibility index (Phi) is 4.87. The molecule has 1 amide bonds. The average molecular weight is 346 g/mol. The van der Waals surface area contributed by atoms with Gasteiger partial charge in [0.25, 0.3) is 5.91 Å². The van der Waals surface area contributed by atoms with Crippen molar-refractivity contribution in [1.82, 2.24) is 0 Å². The zero-order chi connectivity index (χ0) is 17.9. The molecule has 0 bridgehead atoms. The van der Waals surface area contributed by atoms with Gasteiger partial charge in [-0.25, -0.2) is 4.99 Å². The molecular formula is C23H26N2O. The Morgan fingerprint density at radius 2 is 1.88 bits per heavy atom. The molecule has 0 saturated heterocycles. The Balaban J connectivity index is 1.69. The van der Waals surface area contributed by atoms with Crippen LogP contribution in [0.25, 0.3) is 0 Å². The first kappa shape index (κ1) is 17.0. The maximum Gasteiger partial charge on any atom is 0.276 e. The van der Waals surface area contributed by atoms with Crippen molar-refractivity contribution in [2.45, 2.75) is 51.9 Å². The second-order valence-electron chi connectivity index (χ2n) is 7.44. The van der Waals surface area contributed by atoms with Gasteiger partial charge in [0.1, 0.15) is 5.71 Å². The van der Waals surface area contributed by atoms with E-state index in [1.165, 1.54) is 36.8 Å². The normalized spacial score (nSPS) is 20.3. The summed E-state index contributed by atoms with van der Waals surface area (Å²) in [6.45, 7) is 2.87. The monoisotopic (exact) mass is 346 g/mol. The van der Waals surface area contributed by atoms with Gasteiger partial charge in [-0.3, -0.25) is 4.79 Å². The van der Waals surface area contributed by atoms with E-state index in [9.17, 15) is 4.79 Å². The minimum absolute atomic E-state index is 0.0358. The van der Waals surface area contributed by atoms with Crippen LogP contribution in [0, 0.1) is 0 Å². The van der Waals surface area contributed by atoms with Crippen molar-refractivity contribution in [2.75, 3.05) is 11.4 Å². The van der Waals surface area contributed by atoms with Crippen LogP contribution in [0.5, 0.6) is 0 Å². The quantitative estimate of drug-likeness (QED) is 0.693. The predicted octanol–water partition coefficient (Wildman–Crippen LogP) is 5.14. The first-order valence-corrected chi connectivity index (χ1v) is 9.81. The first-order valence-electron chi connectivity index (χ1n) is 9.81. The van der Waals surface area contributed by atoms with E-state index < -0.39 is 0 Å². The fourth-order valence-corrected chi connectivity index (χ4v) is 4.04. The van der Waals surface area contributed by atoms with Crippen molar-refractivity contribution in [1.29, 1.82) is 0 Å². The number of rotatable bonds is 1. The summed E-state index contributed by atoms with van der Waals surface area (Å²) < 4.78 is 0. The zero-order valence-electron chi connectivity index (χ0n) is 15.5. The molecule has 1 aromatic rings. The van der Waals surface area contributed by atoms with E-state index in [1.54, 1.807) is 0 Å². The lowest BCUT2D eigenvalue weighted by molar-refractivity contribution is -0.112. The van der Waals surface area contributed by atoms with Gasteiger partial charge >= 0.3 is 0 Å². The molecule has 0 fully saturated rings. The number of aliphatic imine (C=N–C) groups is 1. The van der Waals surface area contributed by atoms with E-state index in [2.05, 4.69) is 37.3 Å². The topological polar surface area (TPSA) is 32.7 Å². The summed E-state index contributed by atoms with van der Waals surface area (Å²) in [5, 5.41) is 0. The highest BCUT2D eigenvalue weighted by molar-refractivity contribution is 6.49. The maximum absolute atomic E-state index is 13.4. The Hall–Kier alpha value is -2.42. The molecule has 2 heterocycles. The average Bonchev–Trinajstić information content (AvgIpc) is 3.10. The van der Waals surface area contributed by atoms with Crippen molar-refractivity contribution >= 4 is 17.3 Å². The molecule has 3 aliphatic rings. The van der Waals surface area contributed by atoms with E-state index >= 15 is 0 Å².